The molecule has 6 aromatic carbocycles. The molecule has 4 heteroatoms. The van der Waals surface area contributed by atoms with Crippen LogP contribution in [0.1, 0.15) is 208 Å². The Bertz CT molecular complexity index is 3490. The average molecular weight is 995 g/mol. The van der Waals surface area contributed by atoms with Crippen molar-refractivity contribution in [3.8, 4) is 11.1 Å². The van der Waals surface area contributed by atoms with Crippen LogP contribution in [-0.2, 0) is 43.3 Å². The van der Waals surface area contributed by atoms with Gasteiger partial charge in [0.2, 0.25) is 0 Å². The van der Waals surface area contributed by atoms with Crippen LogP contribution in [0.15, 0.2) is 103 Å². The largest absolute Gasteiger partial charge is 0.311 e. The maximum absolute atomic E-state index is 2.77. The predicted octanol–water partition coefficient (Wildman–Crippen LogP) is 18.3. The minimum Gasteiger partial charge on any atom is -0.311 e. The van der Waals surface area contributed by atoms with Gasteiger partial charge in [-0.25, -0.2) is 0 Å². The van der Waals surface area contributed by atoms with Crippen LogP contribution in [0.3, 0.4) is 0 Å². The number of benzene rings is 6. The van der Waals surface area contributed by atoms with E-state index in [1.807, 2.05) is 11.3 Å². The van der Waals surface area contributed by atoms with Gasteiger partial charge in [-0.15, -0.1) is 11.3 Å². The zero-order chi connectivity index (χ0) is 52.8. The Kier molecular flexibility index (Phi) is 10.6. The van der Waals surface area contributed by atoms with Crippen molar-refractivity contribution in [2.45, 2.75) is 206 Å². The van der Waals surface area contributed by atoms with Gasteiger partial charge in [-0.1, -0.05) is 173 Å². The Morgan fingerprint density at radius 3 is 1.49 bits per heavy atom. The van der Waals surface area contributed by atoms with Crippen molar-refractivity contribution in [1.29, 1.82) is 0 Å². The molecule has 12 rings (SSSR count). The van der Waals surface area contributed by atoms with E-state index in [0.29, 0.717) is 0 Å². The van der Waals surface area contributed by atoms with E-state index < -0.39 is 0 Å². The molecule has 2 nitrogen and oxygen atoms in total. The lowest BCUT2D eigenvalue weighted by Crippen LogP contribution is -2.61. The highest BCUT2D eigenvalue weighted by molar-refractivity contribution is 7.26. The Morgan fingerprint density at radius 2 is 0.919 bits per heavy atom. The van der Waals surface area contributed by atoms with Gasteiger partial charge >= 0.3 is 0 Å². The summed E-state index contributed by atoms with van der Waals surface area (Å²) in [6.45, 7) is 44.3. The highest BCUT2D eigenvalue weighted by Gasteiger charge is 2.49. The molecule has 0 saturated heterocycles. The molecule has 382 valence electrons. The number of anilines is 6. The fourth-order valence-corrected chi connectivity index (χ4v) is 15.6. The van der Waals surface area contributed by atoms with Crippen molar-refractivity contribution in [1.82, 2.24) is 0 Å². The number of nitrogens with zero attached hydrogens (tertiary/aromatic N) is 2. The third kappa shape index (κ3) is 7.43. The maximum Gasteiger partial charge on any atom is 0.254 e. The van der Waals surface area contributed by atoms with Crippen molar-refractivity contribution in [3.05, 3.63) is 148 Å². The van der Waals surface area contributed by atoms with Gasteiger partial charge in [0.15, 0.2) is 0 Å². The zero-order valence-electron chi connectivity index (χ0n) is 48.4. The topological polar surface area (TPSA) is 6.48 Å². The van der Waals surface area contributed by atoms with Crippen molar-refractivity contribution in [3.63, 3.8) is 0 Å². The first-order chi connectivity index (χ1) is 34.4. The third-order valence-corrected chi connectivity index (χ3v) is 20.9. The minimum absolute atomic E-state index is 0.0153. The van der Waals surface area contributed by atoms with E-state index in [9.17, 15) is 0 Å². The monoisotopic (exact) mass is 995 g/mol. The Hall–Kier alpha value is -5.06. The summed E-state index contributed by atoms with van der Waals surface area (Å²) in [5, 5.41) is 2.81. The van der Waals surface area contributed by atoms with Gasteiger partial charge in [-0.3, -0.25) is 0 Å². The Labute approximate surface area is 450 Å². The molecule has 5 aliphatic rings. The van der Waals surface area contributed by atoms with Crippen LogP contribution in [0.25, 0.3) is 21.2 Å². The predicted molar refractivity (Wildman–Crippen MR) is 325 cm³/mol. The second-order valence-corrected chi connectivity index (χ2v) is 30.9. The van der Waals surface area contributed by atoms with Crippen LogP contribution in [0.5, 0.6) is 0 Å². The second kappa shape index (κ2) is 15.8. The van der Waals surface area contributed by atoms with Gasteiger partial charge in [0.1, 0.15) is 0 Å². The lowest BCUT2D eigenvalue weighted by Gasteiger charge is -2.47. The molecule has 0 atom stereocenters. The van der Waals surface area contributed by atoms with E-state index in [-0.39, 0.29) is 50.0 Å². The number of hydrogen-bond acceptors (Lipinski definition) is 3. The fourth-order valence-electron chi connectivity index (χ4n) is 14.3. The van der Waals surface area contributed by atoms with E-state index in [2.05, 4.69) is 238 Å². The summed E-state index contributed by atoms with van der Waals surface area (Å²) in [6, 6.07) is 42.5. The highest BCUT2D eigenvalue weighted by Crippen LogP contribution is 2.57. The second-order valence-electron chi connectivity index (χ2n) is 29.8. The summed E-state index contributed by atoms with van der Waals surface area (Å²) in [4.78, 5) is 5.53. The normalized spacial score (nSPS) is 20.3. The van der Waals surface area contributed by atoms with Crippen molar-refractivity contribution >= 4 is 78.0 Å². The van der Waals surface area contributed by atoms with Crippen LogP contribution < -0.4 is 26.2 Å². The molecule has 7 aromatic rings. The molecule has 3 heterocycles. The van der Waals surface area contributed by atoms with Crippen LogP contribution in [-0.4, -0.2) is 6.71 Å². The van der Waals surface area contributed by atoms with Crippen LogP contribution in [0.2, 0.25) is 0 Å². The Morgan fingerprint density at radius 1 is 0.419 bits per heavy atom. The van der Waals surface area contributed by atoms with Crippen molar-refractivity contribution in [2.75, 3.05) is 9.80 Å². The summed E-state index contributed by atoms with van der Waals surface area (Å²) in [5.74, 6) is 0. The summed E-state index contributed by atoms with van der Waals surface area (Å²) >= 11 is 2.05. The summed E-state index contributed by atoms with van der Waals surface area (Å²) in [7, 11) is 0. The molecular formula is C70H83BN2S. The molecule has 2 aliphatic heterocycles. The fraction of sp³-hybridized carbons (Fsp3) is 0.457. The number of thiophene rings is 1. The van der Waals surface area contributed by atoms with Gasteiger partial charge in [-0.05, 0) is 208 Å². The highest BCUT2D eigenvalue weighted by atomic mass is 32.1. The number of fused-ring (bicyclic) bond motifs is 9. The average Bonchev–Trinajstić information content (AvgIpc) is 3.75. The molecule has 0 radical (unpaired) electrons. The van der Waals surface area contributed by atoms with Crippen LogP contribution >= 0.6 is 11.3 Å². The minimum atomic E-state index is -0.128. The SMILES string of the molecule is CC(C)(C)c1ccc2c(c1)B1c3c(cc(C(C)(C)C)cc3N(c3ccc4c(c3)C(C)(C)CCC4(C)C)c3sc4cc5c(cc4c31)C(C)(C)CCC5(C)C)N2c1cc2c(cc1-c1ccccc1)C(C)(C)CCC2(C)C. The third-order valence-electron chi connectivity index (χ3n) is 19.8. The molecule has 0 unspecified atom stereocenters. The first-order valence-electron chi connectivity index (χ1n) is 28.3. The van der Waals surface area contributed by atoms with E-state index in [4.69, 9.17) is 0 Å². The zero-order valence-corrected chi connectivity index (χ0v) is 49.3. The molecule has 0 N–H and O–H groups in total. The number of hydrogen-bond donors (Lipinski definition) is 0. The van der Waals surface area contributed by atoms with Gasteiger partial charge in [0.05, 0.1) is 10.7 Å². The summed E-state index contributed by atoms with van der Waals surface area (Å²) in [5.41, 5.74) is 25.5. The lowest BCUT2D eigenvalue weighted by molar-refractivity contribution is 0.332. The van der Waals surface area contributed by atoms with Crippen LogP contribution in [0.4, 0.5) is 33.4 Å². The van der Waals surface area contributed by atoms with Gasteiger partial charge in [-0.2, -0.15) is 0 Å². The van der Waals surface area contributed by atoms with E-state index >= 15 is 0 Å². The molecule has 0 fully saturated rings. The lowest BCUT2D eigenvalue weighted by atomic mass is 9.33. The standard InChI is InChI=1S/C70H83BN2S/c1-63(2,3)43-24-27-55-54(34-43)71-60-47-39-51-53(70(17,18)33-31-68(51,13)14)41-59(47)74-62(60)72(45-25-26-48-49(37-45)66(9,10)29-28-65(48,7)8)57-35-44(64(4,5)6)36-58(61(57)71)73(55)56-40-52-50(67(11,12)30-32-69(52,15)16)38-46(56)42-22-20-19-21-23-42/h19-27,34-41H,28-33H2,1-18H3. The quantitative estimate of drug-likeness (QED) is 0.163. The van der Waals surface area contributed by atoms with E-state index in [1.165, 1.54) is 148 Å². The number of rotatable bonds is 3. The van der Waals surface area contributed by atoms with Gasteiger partial charge < -0.3 is 9.80 Å². The molecule has 0 saturated carbocycles. The molecule has 0 spiro atoms. The van der Waals surface area contributed by atoms with Crippen LogP contribution in [0, 0.1) is 0 Å². The van der Waals surface area contributed by atoms with E-state index in [0.717, 1.165) is 6.42 Å². The molecule has 0 bridgehead atoms. The summed E-state index contributed by atoms with van der Waals surface area (Å²) < 4.78 is 1.41. The van der Waals surface area contributed by atoms with Crippen molar-refractivity contribution < 1.29 is 0 Å². The molecule has 1 aromatic heterocycles. The molecule has 3 aliphatic carbocycles. The van der Waals surface area contributed by atoms with Crippen molar-refractivity contribution in [2.24, 2.45) is 0 Å². The molecule has 74 heavy (non-hydrogen) atoms. The maximum atomic E-state index is 2.77. The van der Waals surface area contributed by atoms with Gasteiger partial charge in [0, 0.05) is 33.0 Å². The first-order valence-corrected chi connectivity index (χ1v) is 29.2. The molecule has 0 amide bonds. The smallest absolute Gasteiger partial charge is 0.254 e. The summed E-state index contributed by atoms with van der Waals surface area (Å²) in [6.07, 6.45) is 7.10. The molecular weight excluding hydrogens is 912 g/mol. The first kappa shape index (κ1) is 49.8. The van der Waals surface area contributed by atoms with E-state index in [1.54, 1.807) is 0 Å². The van der Waals surface area contributed by atoms with Gasteiger partial charge in [0.25, 0.3) is 6.71 Å². The Balaban J connectivity index is 1.26.